The molecule has 72 valence electrons. The molecule has 1 saturated carbocycles. The SMILES string of the molecule is CC1CCCC1C(O)c1ccsc1. The maximum Gasteiger partial charge on any atom is 0.0828 e. The Balaban J connectivity index is 2.08. The third kappa shape index (κ3) is 1.79. The third-order valence-corrected chi connectivity index (χ3v) is 3.92. The first kappa shape index (κ1) is 9.22. The number of hydrogen-bond acceptors (Lipinski definition) is 2. The zero-order valence-electron chi connectivity index (χ0n) is 7.94. The normalized spacial score (nSPS) is 30.6. The maximum atomic E-state index is 10.1. The average molecular weight is 196 g/mol. The Bertz CT molecular complexity index is 255. The summed E-state index contributed by atoms with van der Waals surface area (Å²) in [6.07, 6.45) is 3.54. The fourth-order valence-electron chi connectivity index (χ4n) is 2.33. The maximum absolute atomic E-state index is 10.1. The fourth-order valence-corrected chi connectivity index (χ4v) is 3.02. The van der Waals surface area contributed by atoms with Gasteiger partial charge in [0.15, 0.2) is 0 Å². The topological polar surface area (TPSA) is 20.2 Å². The molecule has 3 atom stereocenters. The molecule has 1 heterocycles. The molecule has 0 amide bonds. The van der Waals surface area contributed by atoms with Gasteiger partial charge in [-0.3, -0.25) is 0 Å². The molecule has 3 unspecified atom stereocenters. The lowest BCUT2D eigenvalue weighted by molar-refractivity contribution is 0.0904. The molecule has 1 aromatic heterocycles. The van der Waals surface area contributed by atoms with Gasteiger partial charge >= 0.3 is 0 Å². The van der Waals surface area contributed by atoms with Crippen molar-refractivity contribution in [3.8, 4) is 0 Å². The second-order valence-electron chi connectivity index (χ2n) is 4.07. The molecule has 2 rings (SSSR count). The van der Waals surface area contributed by atoms with Crippen LogP contribution >= 0.6 is 11.3 Å². The highest BCUT2D eigenvalue weighted by Gasteiger charge is 2.30. The minimum Gasteiger partial charge on any atom is -0.388 e. The molecule has 0 bridgehead atoms. The first-order valence-electron chi connectivity index (χ1n) is 4.99. The zero-order valence-corrected chi connectivity index (χ0v) is 8.76. The number of aliphatic hydroxyl groups is 1. The van der Waals surface area contributed by atoms with E-state index in [2.05, 4.69) is 12.3 Å². The molecule has 1 aromatic rings. The summed E-state index contributed by atoms with van der Waals surface area (Å²) in [5, 5.41) is 14.2. The second kappa shape index (κ2) is 3.81. The van der Waals surface area contributed by atoms with Gasteiger partial charge in [-0.05, 0) is 40.6 Å². The van der Waals surface area contributed by atoms with Crippen LogP contribution in [0.25, 0.3) is 0 Å². The summed E-state index contributed by atoms with van der Waals surface area (Å²) >= 11 is 1.67. The van der Waals surface area contributed by atoms with Crippen LogP contribution in [-0.4, -0.2) is 5.11 Å². The van der Waals surface area contributed by atoms with E-state index in [-0.39, 0.29) is 6.10 Å². The molecule has 0 aliphatic heterocycles. The summed E-state index contributed by atoms with van der Waals surface area (Å²) in [5.74, 6) is 1.18. The van der Waals surface area contributed by atoms with Crippen LogP contribution in [-0.2, 0) is 0 Å². The highest BCUT2D eigenvalue weighted by molar-refractivity contribution is 7.07. The summed E-state index contributed by atoms with van der Waals surface area (Å²) < 4.78 is 0. The molecule has 1 fully saturated rings. The van der Waals surface area contributed by atoms with E-state index >= 15 is 0 Å². The van der Waals surface area contributed by atoms with Gasteiger partial charge in [0.25, 0.3) is 0 Å². The van der Waals surface area contributed by atoms with Gasteiger partial charge in [0.05, 0.1) is 6.10 Å². The van der Waals surface area contributed by atoms with Crippen LogP contribution in [0.15, 0.2) is 16.8 Å². The van der Waals surface area contributed by atoms with Crippen LogP contribution in [0.5, 0.6) is 0 Å². The van der Waals surface area contributed by atoms with Crippen molar-refractivity contribution in [1.82, 2.24) is 0 Å². The van der Waals surface area contributed by atoms with Crippen molar-refractivity contribution in [3.05, 3.63) is 22.4 Å². The van der Waals surface area contributed by atoms with Crippen LogP contribution < -0.4 is 0 Å². The van der Waals surface area contributed by atoms with Gasteiger partial charge < -0.3 is 5.11 Å². The third-order valence-electron chi connectivity index (χ3n) is 3.22. The van der Waals surface area contributed by atoms with Gasteiger partial charge in [-0.15, -0.1) is 0 Å². The predicted octanol–water partition coefficient (Wildman–Crippen LogP) is 3.22. The van der Waals surface area contributed by atoms with Crippen molar-refractivity contribution in [2.45, 2.75) is 32.3 Å². The minimum absolute atomic E-state index is 0.219. The lowest BCUT2D eigenvalue weighted by atomic mass is 9.89. The lowest BCUT2D eigenvalue weighted by Gasteiger charge is -2.21. The Morgan fingerprint density at radius 3 is 2.92 bits per heavy atom. The van der Waals surface area contributed by atoms with Gasteiger partial charge in [0.1, 0.15) is 0 Å². The van der Waals surface area contributed by atoms with E-state index in [4.69, 9.17) is 0 Å². The second-order valence-corrected chi connectivity index (χ2v) is 4.85. The van der Waals surface area contributed by atoms with Gasteiger partial charge in [0, 0.05) is 0 Å². The molecule has 0 aromatic carbocycles. The first-order valence-corrected chi connectivity index (χ1v) is 5.93. The number of thiophene rings is 1. The highest BCUT2D eigenvalue weighted by atomic mass is 32.1. The molecule has 1 aliphatic carbocycles. The zero-order chi connectivity index (χ0) is 9.26. The fraction of sp³-hybridized carbons (Fsp3) is 0.636. The van der Waals surface area contributed by atoms with Gasteiger partial charge in [-0.25, -0.2) is 0 Å². The molecule has 0 saturated heterocycles. The summed E-state index contributed by atoms with van der Waals surface area (Å²) in [7, 11) is 0. The van der Waals surface area contributed by atoms with Crippen LogP contribution in [0, 0.1) is 11.8 Å². The number of aliphatic hydroxyl groups excluding tert-OH is 1. The Labute approximate surface area is 83.4 Å². The van der Waals surface area contributed by atoms with E-state index in [0.29, 0.717) is 11.8 Å². The van der Waals surface area contributed by atoms with Crippen LogP contribution in [0.3, 0.4) is 0 Å². The van der Waals surface area contributed by atoms with E-state index in [0.717, 1.165) is 5.56 Å². The van der Waals surface area contributed by atoms with E-state index in [1.54, 1.807) is 11.3 Å². The molecule has 0 spiro atoms. The van der Waals surface area contributed by atoms with Gasteiger partial charge in [-0.1, -0.05) is 19.8 Å². The molecule has 13 heavy (non-hydrogen) atoms. The first-order chi connectivity index (χ1) is 6.29. The quantitative estimate of drug-likeness (QED) is 0.770. The van der Waals surface area contributed by atoms with E-state index < -0.39 is 0 Å². The molecule has 1 aliphatic rings. The highest BCUT2D eigenvalue weighted by Crippen LogP contribution is 2.40. The Kier molecular flexibility index (Phi) is 2.70. The Morgan fingerprint density at radius 1 is 1.54 bits per heavy atom. The van der Waals surface area contributed by atoms with Gasteiger partial charge in [-0.2, -0.15) is 11.3 Å². The van der Waals surface area contributed by atoms with Crippen LogP contribution in [0.4, 0.5) is 0 Å². The van der Waals surface area contributed by atoms with Crippen molar-refractivity contribution in [2.75, 3.05) is 0 Å². The minimum atomic E-state index is -0.219. The molecule has 1 N–H and O–H groups in total. The average Bonchev–Trinajstić information content (AvgIpc) is 2.72. The Hall–Kier alpha value is -0.340. The number of rotatable bonds is 2. The Morgan fingerprint density at radius 2 is 2.38 bits per heavy atom. The number of hydrogen-bond donors (Lipinski definition) is 1. The predicted molar refractivity (Wildman–Crippen MR) is 55.8 cm³/mol. The summed E-state index contributed by atoms with van der Waals surface area (Å²) in [6.45, 7) is 2.26. The van der Waals surface area contributed by atoms with E-state index in [1.165, 1.54) is 19.3 Å². The molecule has 2 heteroatoms. The standard InChI is InChI=1S/C11H16OS/c1-8-3-2-4-10(8)11(12)9-5-6-13-7-9/h5-8,10-12H,2-4H2,1H3. The molecule has 1 nitrogen and oxygen atoms in total. The molecule has 0 radical (unpaired) electrons. The van der Waals surface area contributed by atoms with Crippen molar-refractivity contribution < 1.29 is 5.11 Å². The van der Waals surface area contributed by atoms with E-state index in [1.807, 2.05) is 11.4 Å². The largest absolute Gasteiger partial charge is 0.388 e. The van der Waals surface area contributed by atoms with Crippen LogP contribution in [0.2, 0.25) is 0 Å². The van der Waals surface area contributed by atoms with E-state index in [9.17, 15) is 5.11 Å². The monoisotopic (exact) mass is 196 g/mol. The molecular weight excluding hydrogens is 180 g/mol. The van der Waals surface area contributed by atoms with Crippen molar-refractivity contribution in [1.29, 1.82) is 0 Å². The van der Waals surface area contributed by atoms with Crippen molar-refractivity contribution in [3.63, 3.8) is 0 Å². The summed E-state index contributed by atoms with van der Waals surface area (Å²) in [6, 6.07) is 2.04. The van der Waals surface area contributed by atoms with Gasteiger partial charge in [0.2, 0.25) is 0 Å². The lowest BCUT2D eigenvalue weighted by Crippen LogP contribution is -2.14. The van der Waals surface area contributed by atoms with Crippen LogP contribution in [0.1, 0.15) is 37.9 Å². The molecular formula is C11H16OS. The summed E-state index contributed by atoms with van der Waals surface area (Å²) in [5.41, 5.74) is 1.11. The summed E-state index contributed by atoms with van der Waals surface area (Å²) in [4.78, 5) is 0. The smallest absolute Gasteiger partial charge is 0.0828 e. The van der Waals surface area contributed by atoms with Crippen molar-refractivity contribution in [2.24, 2.45) is 11.8 Å². The van der Waals surface area contributed by atoms with Crippen molar-refractivity contribution >= 4 is 11.3 Å².